The SMILES string of the molecule is Cc1c(C(=O)NCCc2cccs2)oc2c1/C(=N/NC(=O)c1ccccc1)CCC2. The number of benzene rings is 1. The highest BCUT2D eigenvalue weighted by Crippen LogP contribution is 2.29. The molecule has 0 fully saturated rings. The van der Waals surface area contributed by atoms with Gasteiger partial charge in [-0.15, -0.1) is 11.3 Å². The molecule has 2 aromatic heterocycles. The van der Waals surface area contributed by atoms with Crippen molar-refractivity contribution in [3.63, 3.8) is 0 Å². The Bertz CT molecular complexity index is 1070. The average molecular weight is 422 g/mol. The Morgan fingerprint density at radius 1 is 1.10 bits per heavy atom. The summed E-state index contributed by atoms with van der Waals surface area (Å²) < 4.78 is 5.91. The first-order valence-electron chi connectivity index (χ1n) is 9.98. The van der Waals surface area contributed by atoms with Gasteiger partial charge in [-0.1, -0.05) is 24.3 Å². The van der Waals surface area contributed by atoms with Crippen molar-refractivity contribution in [2.24, 2.45) is 5.10 Å². The van der Waals surface area contributed by atoms with Crippen LogP contribution in [0, 0.1) is 6.92 Å². The van der Waals surface area contributed by atoms with Crippen molar-refractivity contribution in [1.29, 1.82) is 0 Å². The zero-order chi connectivity index (χ0) is 20.9. The molecule has 0 saturated carbocycles. The molecule has 2 N–H and O–H groups in total. The summed E-state index contributed by atoms with van der Waals surface area (Å²) in [6.45, 7) is 2.43. The van der Waals surface area contributed by atoms with E-state index in [4.69, 9.17) is 4.42 Å². The lowest BCUT2D eigenvalue weighted by Gasteiger charge is -2.13. The normalized spacial score (nSPS) is 14.4. The van der Waals surface area contributed by atoms with Gasteiger partial charge < -0.3 is 9.73 Å². The van der Waals surface area contributed by atoms with Crippen molar-refractivity contribution in [3.05, 3.63) is 80.9 Å². The molecule has 0 saturated heterocycles. The lowest BCUT2D eigenvalue weighted by Crippen LogP contribution is -2.26. The van der Waals surface area contributed by atoms with Gasteiger partial charge >= 0.3 is 0 Å². The molecule has 1 aliphatic carbocycles. The van der Waals surface area contributed by atoms with Gasteiger partial charge in [0.2, 0.25) is 0 Å². The average Bonchev–Trinajstić information content (AvgIpc) is 3.41. The Morgan fingerprint density at radius 2 is 1.93 bits per heavy atom. The third-order valence-electron chi connectivity index (χ3n) is 5.10. The van der Waals surface area contributed by atoms with Crippen LogP contribution in [0.2, 0.25) is 0 Å². The summed E-state index contributed by atoms with van der Waals surface area (Å²) in [4.78, 5) is 26.2. The second-order valence-corrected chi connectivity index (χ2v) is 8.19. The smallest absolute Gasteiger partial charge is 0.287 e. The number of hydrogen-bond donors (Lipinski definition) is 2. The number of fused-ring (bicyclic) bond motifs is 1. The molecule has 3 aromatic rings. The van der Waals surface area contributed by atoms with Crippen molar-refractivity contribution in [2.75, 3.05) is 6.54 Å². The summed E-state index contributed by atoms with van der Waals surface area (Å²) in [5.41, 5.74) is 5.55. The number of hydrogen-bond acceptors (Lipinski definition) is 5. The van der Waals surface area contributed by atoms with Crippen LogP contribution in [-0.2, 0) is 12.8 Å². The number of nitrogens with zero attached hydrogens (tertiary/aromatic N) is 1. The minimum absolute atomic E-state index is 0.217. The summed E-state index contributed by atoms with van der Waals surface area (Å²) in [6, 6.07) is 13.0. The molecule has 4 rings (SSSR count). The van der Waals surface area contributed by atoms with Crippen molar-refractivity contribution in [2.45, 2.75) is 32.6 Å². The first kappa shape index (κ1) is 20.1. The van der Waals surface area contributed by atoms with Gasteiger partial charge in [-0.3, -0.25) is 9.59 Å². The van der Waals surface area contributed by atoms with E-state index in [2.05, 4.69) is 21.9 Å². The van der Waals surface area contributed by atoms with Gasteiger partial charge in [-0.05, 0) is 49.8 Å². The standard InChI is InChI=1S/C23H23N3O3S/c1-15-20-18(25-26-22(27)16-7-3-2-4-8-16)10-5-11-19(20)29-21(15)23(28)24-13-12-17-9-6-14-30-17/h2-4,6-9,14H,5,10-13H2,1H3,(H,24,28)(H,26,27)/b25-18+. The minimum Gasteiger partial charge on any atom is -0.455 e. The van der Waals surface area contributed by atoms with Gasteiger partial charge in [0.15, 0.2) is 5.76 Å². The molecule has 0 radical (unpaired) electrons. The fourth-order valence-corrected chi connectivity index (χ4v) is 4.31. The molecule has 1 aromatic carbocycles. The molecule has 0 bridgehead atoms. The first-order valence-corrected chi connectivity index (χ1v) is 10.9. The quantitative estimate of drug-likeness (QED) is 0.588. The Kier molecular flexibility index (Phi) is 6.09. The van der Waals surface area contributed by atoms with E-state index in [0.29, 0.717) is 17.9 Å². The minimum atomic E-state index is -0.261. The maximum atomic E-state index is 12.7. The van der Waals surface area contributed by atoms with Crippen LogP contribution in [0.25, 0.3) is 0 Å². The number of hydrazone groups is 1. The molecule has 154 valence electrons. The first-order chi connectivity index (χ1) is 14.6. The summed E-state index contributed by atoms with van der Waals surface area (Å²) in [6.07, 6.45) is 3.13. The summed E-state index contributed by atoms with van der Waals surface area (Å²) in [5, 5.41) is 9.32. The fourth-order valence-electron chi connectivity index (χ4n) is 3.60. The van der Waals surface area contributed by atoms with E-state index in [0.717, 1.165) is 48.3 Å². The molecular formula is C23H23N3O3S. The largest absolute Gasteiger partial charge is 0.455 e. The molecule has 0 unspecified atom stereocenters. The predicted octanol–water partition coefficient (Wildman–Crippen LogP) is 4.09. The lowest BCUT2D eigenvalue weighted by atomic mass is 9.93. The summed E-state index contributed by atoms with van der Waals surface area (Å²) in [5.74, 6) is 0.610. The Labute approximate surface area is 179 Å². The van der Waals surface area contributed by atoms with E-state index in [-0.39, 0.29) is 11.8 Å². The Morgan fingerprint density at radius 3 is 2.70 bits per heavy atom. The van der Waals surface area contributed by atoms with Gasteiger partial charge in [-0.25, -0.2) is 5.43 Å². The van der Waals surface area contributed by atoms with Crippen LogP contribution >= 0.6 is 11.3 Å². The second-order valence-electron chi connectivity index (χ2n) is 7.16. The van der Waals surface area contributed by atoms with E-state index in [1.165, 1.54) is 4.88 Å². The predicted molar refractivity (Wildman–Crippen MR) is 117 cm³/mol. The van der Waals surface area contributed by atoms with Crippen LogP contribution < -0.4 is 10.7 Å². The number of furan rings is 1. The van der Waals surface area contributed by atoms with Crippen molar-refractivity contribution < 1.29 is 14.0 Å². The van der Waals surface area contributed by atoms with Crippen molar-refractivity contribution in [3.8, 4) is 0 Å². The van der Waals surface area contributed by atoms with Gasteiger partial charge in [0.05, 0.1) is 5.71 Å². The molecule has 1 aliphatic rings. The molecule has 2 heterocycles. The second kappa shape index (κ2) is 9.09. The molecule has 6 nitrogen and oxygen atoms in total. The number of amides is 2. The third kappa shape index (κ3) is 4.36. The van der Waals surface area contributed by atoms with Gasteiger partial charge in [0.1, 0.15) is 5.76 Å². The van der Waals surface area contributed by atoms with E-state index >= 15 is 0 Å². The molecule has 0 aliphatic heterocycles. The molecule has 7 heteroatoms. The molecule has 0 atom stereocenters. The van der Waals surface area contributed by atoms with Crippen LogP contribution in [0.15, 0.2) is 57.4 Å². The molecular weight excluding hydrogens is 398 g/mol. The van der Waals surface area contributed by atoms with Crippen LogP contribution in [-0.4, -0.2) is 24.1 Å². The summed E-state index contributed by atoms with van der Waals surface area (Å²) in [7, 11) is 0. The highest BCUT2D eigenvalue weighted by atomic mass is 32.1. The van der Waals surface area contributed by atoms with Crippen molar-refractivity contribution in [1.82, 2.24) is 10.7 Å². The Balaban J connectivity index is 1.47. The third-order valence-corrected chi connectivity index (χ3v) is 6.03. The number of nitrogens with one attached hydrogen (secondary N) is 2. The van der Waals surface area contributed by atoms with Gasteiger partial charge in [0.25, 0.3) is 11.8 Å². The topological polar surface area (TPSA) is 83.7 Å². The van der Waals surface area contributed by atoms with Crippen LogP contribution in [0.3, 0.4) is 0 Å². The van der Waals surface area contributed by atoms with E-state index < -0.39 is 0 Å². The number of carbonyl (C=O) groups is 2. The van der Waals surface area contributed by atoms with Crippen LogP contribution in [0.1, 0.15) is 55.5 Å². The summed E-state index contributed by atoms with van der Waals surface area (Å²) >= 11 is 1.68. The lowest BCUT2D eigenvalue weighted by molar-refractivity contribution is 0.0922. The number of carbonyl (C=O) groups excluding carboxylic acids is 2. The highest BCUT2D eigenvalue weighted by molar-refractivity contribution is 7.09. The van der Waals surface area contributed by atoms with Crippen LogP contribution in [0.4, 0.5) is 0 Å². The zero-order valence-electron chi connectivity index (χ0n) is 16.7. The molecule has 0 spiro atoms. The maximum Gasteiger partial charge on any atom is 0.287 e. The number of thiophene rings is 1. The number of rotatable bonds is 6. The van der Waals surface area contributed by atoms with E-state index in [1.807, 2.05) is 36.6 Å². The van der Waals surface area contributed by atoms with Gasteiger partial charge in [-0.2, -0.15) is 5.10 Å². The van der Waals surface area contributed by atoms with Gasteiger partial charge in [0, 0.05) is 34.5 Å². The molecule has 2 amide bonds. The highest BCUT2D eigenvalue weighted by Gasteiger charge is 2.28. The maximum absolute atomic E-state index is 12.7. The van der Waals surface area contributed by atoms with Crippen LogP contribution in [0.5, 0.6) is 0 Å². The van der Waals surface area contributed by atoms with E-state index in [1.54, 1.807) is 23.5 Å². The fraction of sp³-hybridized carbons (Fsp3) is 0.261. The van der Waals surface area contributed by atoms with Crippen molar-refractivity contribution >= 4 is 28.9 Å². The molecule has 30 heavy (non-hydrogen) atoms. The number of aryl methyl sites for hydroxylation is 1. The monoisotopic (exact) mass is 421 g/mol. The van der Waals surface area contributed by atoms with E-state index in [9.17, 15) is 9.59 Å². The zero-order valence-corrected chi connectivity index (χ0v) is 17.6. The Hall–Kier alpha value is -3.19.